The molecule has 0 spiro atoms. The number of hydrogen-bond donors (Lipinski definition) is 1. The van der Waals surface area contributed by atoms with Gasteiger partial charge in [-0.25, -0.2) is 13.9 Å². The second kappa shape index (κ2) is 6.94. The van der Waals surface area contributed by atoms with Crippen molar-refractivity contribution in [2.24, 2.45) is 7.05 Å². The van der Waals surface area contributed by atoms with E-state index in [1.54, 1.807) is 47.5 Å². The summed E-state index contributed by atoms with van der Waals surface area (Å²) >= 11 is 0. The lowest BCUT2D eigenvalue weighted by Crippen LogP contribution is -2.30. The Morgan fingerprint density at radius 1 is 1.07 bits per heavy atom. The Bertz CT molecular complexity index is 1260. The first kappa shape index (κ1) is 19.6. The highest BCUT2D eigenvalue weighted by Crippen LogP contribution is 2.30. The molecule has 4 aromatic rings. The van der Waals surface area contributed by atoms with Crippen molar-refractivity contribution in [3.05, 3.63) is 54.1 Å². The van der Waals surface area contributed by atoms with E-state index in [1.807, 2.05) is 0 Å². The molecule has 1 aromatic carbocycles. The van der Waals surface area contributed by atoms with Gasteiger partial charge in [0.25, 0.3) is 0 Å². The van der Waals surface area contributed by atoms with Gasteiger partial charge in [-0.05, 0) is 43.3 Å². The summed E-state index contributed by atoms with van der Waals surface area (Å²) in [5, 5.41) is 10.6. The van der Waals surface area contributed by atoms with Crippen LogP contribution in [0.3, 0.4) is 0 Å². The van der Waals surface area contributed by atoms with Gasteiger partial charge < -0.3 is 5.32 Å². The second-order valence-corrected chi connectivity index (χ2v) is 6.56. The average molecular weight is 418 g/mol. The van der Waals surface area contributed by atoms with Crippen molar-refractivity contribution < 1.29 is 22.4 Å². The number of halogens is 4. The summed E-state index contributed by atoms with van der Waals surface area (Å²) in [5.41, 5.74) is 2.85. The maximum atomic E-state index is 13.3. The van der Waals surface area contributed by atoms with Gasteiger partial charge in [0, 0.05) is 24.4 Å². The second-order valence-electron chi connectivity index (χ2n) is 6.56. The SMILES string of the molecule is Cc1c(NC(=O)C(F)(F)F)nc2ccc(-c3cn(C)nc3-c3ccc(F)cc3)nn12. The Morgan fingerprint density at radius 2 is 1.77 bits per heavy atom. The normalized spacial score (nSPS) is 11.8. The van der Waals surface area contributed by atoms with E-state index in [1.165, 1.54) is 23.6 Å². The maximum absolute atomic E-state index is 13.3. The molecular formula is C19H14F4N6O. The van der Waals surface area contributed by atoms with E-state index >= 15 is 0 Å². The quantitative estimate of drug-likeness (QED) is 0.514. The monoisotopic (exact) mass is 418 g/mol. The molecule has 154 valence electrons. The zero-order chi connectivity index (χ0) is 21.6. The number of fused-ring (bicyclic) bond motifs is 1. The Labute approximate surface area is 167 Å². The maximum Gasteiger partial charge on any atom is 0.471 e. The fourth-order valence-corrected chi connectivity index (χ4v) is 2.98. The molecule has 0 bridgehead atoms. The van der Waals surface area contributed by atoms with Crippen LogP contribution in [0.15, 0.2) is 42.6 Å². The predicted molar refractivity (Wildman–Crippen MR) is 100 cm³/mol. The van der Waals surface area contributed by atoms with Crippen LogP contribution in [0.2, 0.25) is 0 Å². The molecule has 4 rings (SSSR count). The summed E-state index contributed by atoms with van der Waals surface area (Å²) in [7, 11) is 1.72. The number of imidazole rings is 1. The third-order valence-electron chi connectivity index (χ3n) is 4.41. The zero-order valence-corrected chi connectivity index (χ0v) is 15.7. The summed E-state index contributed by atoms with van der Waals surface area (Å²) < 4.78 is 53.8. The lowest BCUT2D eigenvalue weighted by atomic mass is 10.1. The molecule has 1 N–H and O–H groups in total. The summed E-state index contributed by atoms with van der Waals surface area (Å²) in [6.45, 7) is 1.49. The molecule has 30 heavy (non-hydrogen) atoms. The lowest BCUT2D eigenvalue weighted by Gasteiger charge is -2.06. The minimum atomic E-state index is -5.03. The van der Waals surface area contributed by atoms with Crippen LogP contribution in [-0.4, -0.2) is 36.5 Å². The predicted octanol–water partition coefficient (Wildman–Crippen LogP) is 3.75. The van der Waals surface area contributed by atoms with Crippen molar-refractivity contribution in [1.82, 2.24) is 24.4 Å². The minimum absolute atomic E-state index is 0.230. The summed E-state index contributed by atoms with van der Waals surface area (Å²) in [6, 6.07) is 9.03. The Balaban J connectivity index is 1.77. The fourth-order valence-electron chi connectivity index (χ4n) is 2.98. The summed E-state index contributed by atoms with van der Waals surface area (Å²) in [5.74, 6) is -2.72. The fraction of sp³-hybridized carbons (Fsp3) is 0.158. The number of benzene rings is 1. The number of amides is 1. The lowest BCUT2D eigenvalue weighted by molar-refractivity contribution is -0.167. The summed E-state index contributed by atoms with van der Waals surface area (Å²) in [6.07, 6.45) is -3.30. The number of nitrogens with one attached hydrogen (secondary N) is 1. The molecule has 0 radical (unpaired) electrons. The van der Waals surface area contributed by atoms with Crippen LogP contribution in [-0.2, 0) is 11.8 Å². The molecule has 0 aliphatic heterocycles. The smallest absolute Gasteiger partial charge is 0.301 e. The van der Waals surface area contributed by atoms with E-state index in [4.69, 9.17) is 0 Å². The van der Waals surface area contributed by atoms with Crippen LogP contribution >= 0.6 is 0 Å². The third-order valence-corrected chi connectivity index (χ3v) is 4.41. The number of carbonyl (C=O) groups is 1. The van der Waals surface area contributed by atoms with Crippen molar-refractivity contribution in [1.29, 1.82) is 0 Å². The molecule has 0 saturated carbocycles. The van der Waals surface area contributed by atoms with Crippen LogP contribution < -0.4 is 5.32 Å². The van der Waals surface area contributed by atoms with E-state index in [-0.39, 0.29) is 23.0 Å². The van der Waals surface area contributed by atoms with E-state index < -0.39 is 12.1 Å². The molecule has 0 saturated heterocycles. The number of carbonyl (C=O) groups excluding carboxylic acids is 1. The van der Waals surface area contributed by atoms with Crippen molar-refractivity contribution in [2.45, 2.75) is 13.1 Å². The van der Waals surface area contributed by atoms with Gasteiger partial charge in [-0.1, -0.05) is 0 Å². The first-order chi connectivity index (χ1) is 14.1. The van der Waals surface area contributed by atoms with Gasteiger partial charge in [0.15, 0.2) is 11.5 Å². The Morgan fingerprint density at radius 3 is 2.43 bits per heavy atom. The number of nitrogens with zero attached hydrogens (tertiary/aromatic N) is 5. The van der Waals surface area contributed by atoms with Crippen molar-refractivity contribution in [3.63, 3.8) is 0 Å². The third kappa shape index (κ3) is 3.49. The topological polar surface area (TPSA) is 77.1 Å². The zero-order valence-electron chi connectivity index (χ0n) is 15.7. The molecule has 3 aromatic heterocycles. The van der Waals surface area contributed by atoms with Crippen molar-refractivity contribution in [2.75, 3.05) is 5.32 Å². The number of anilines is 1. The molecule has 0 atom stereocenters. The average Bonchev–Trinajstić information content (AvgIpc) is 3.22. The van der Waals surface area contributed by atoms with Crippen LogP contribution in [0.5, 0.6) is 0 Å². The Kier molecular flexibility index (Phi) is 4.52. The summed E-state index contributed by atoms with van der Waals surface area (Å²) in [4.78, 5) is 15.2. The molecule has 7 nitrogen and oxygen atoms in total. The number of aryl methyl sites for hydroxylation is 2. The van der Waals surface area contributed by atoms with Crippen LogP contribution in [0.4, 0.5) is 23.4 Å². The molecular weight excluding hydrogens is 404 g/mol. The van der Waals surface area contributed by atoms with Gasteiger partial charge in [-0.2, -0.15) is 23.4 Å². The van der Waals surface area contributed by atoms with Crippen molar-refractivity contribution >= 4 is 17.4 Å². The van der Waals surface area contributed by atoms with E-state index in [0.717, 1.165) is 0 Å². The van der Waals surface area contributed by atoms with E-state index in [2.05, 4.69) is 15.2 Å². The number of hydrogen-bond acceptors (Lipinski definition) is 4. The van der Waals surface area contributed by atoms with Gasteiger partial charge in [0.05, 0.1) is 11.4 Å². The van der Waals surface area contributed by atoms with Gasteiger partial charge in [-0.3, -0.25) is 9.48 Å². The van der Waals surface area contributed by atoms with E-state index in [9.17, 15) is 22.4 Å². The van der Waals surface area contributed by atoms with Crippen molar-refractivity contribution in [3.8, 4) is 22.5 Å². The minimum Gasteiger partial charge on any atom is -0.301 e. The molecule has 0 fully saturated rings. The molecule has 0 aliphatic rings. The van der Waals surface area contributed by atoms with Gasteiger partial charge in [-0.15, -0.1) is 0 Å². The molecule has 3 heterocycles. The Hall–Kier alpha value is -3.76. The number of rotatable bonds is 3. The molecule has 11 heteroatoms. The first-order valence-corrected chi connectivity index (χ1v) is 8.68. The molecule has 1 amide bonds. The largest absolute Gasteiger partial charge is 0.471 e. The highest BCUT2D eigenvalue weighted by Gasteiger charge is 2.39. The standard InChI is InChI=1S/C19H14F4N6O/c1-10-17(25-18(30)19(21,22)23)24-15-8-7-14(26-29(10)15)13-9-28(2)27-16(13)11-3-5-12(20)6-4-11/h3-9H,1-2H3,(H,25,30). The van der Waals surface area contributed by atoms with Crippen LogP contribution in [0.1, 0.15) is 5.69 Å². The first-order valence-electron chi connectivity index (χ1n) is 8.68. The number of alkyl halides is 3. The van der Waals surface area contributed by atoms with E-state index in [0.29, 0.717) is 22.5 Å². The highest BCUT2D eigenvalue weighted by atomic mass is 19.4. The van der Waals surface area contributed by atoms with Crippen LogP contribution in [0, 0.1) is 12.7 Å². The number of aromatic nitrogens is 5. The highest BCUT2D eigenvalue weighted by molar-refractivity contribution is 5.95. The van der Waals surface area contributed by atoms with Crippen LogP contribution in [0.25, 0.3) is 28.2 Å². The van der Waals surface area contributed by atoms with Gasteiger partial charge >= 0.3 is 12.1 Å². The molecule has 0 aliphatic carbocycles. The van der Waals surface area contributed by atoms with Gasteiger partial charge in [0.1, 0.15) is 11.5 Å². The molecule has 0 unspecified atom stereocenters. The van der Waals surface area contributed by atoms with Gasteiger partial charge in [0.2, 0.25) is 0 Å².